The number of nitrogens with one attached hydrogen (secondary N) is 13. The van der Waals surface area contributed by atoms with E-state index < -0.39 is 232 Å². The second-order valence-corrected chi connectivity index (χ2v) is 24.5. The van der Waals surface area contributed by atoms with Crippen LogP contribution in [0, 0.1) is 11.8 Å². The van der Waals surface area contributed by atoms with Crippen LogP contribution in [0.5, 0.6) is 0 Å². The molecule has 0 fully saturated rings. The van der Waals surface area contributed by atoms with Crippen LogP contribution in [0.1, 0.15) is 117 Å². The number of carboxylic acid groups (broad SMARTS) is 3. The molecule has 1 heterocycles. The first-order valence-electron chi connectivity index (χ1n) is 32.2. The third-order valence-corrected chi connectivity index (χ3v) is 15.1. The summed E-state index contributed by atoms with van der Waals surface area (Å²) in [6.07, 6.45) is -2.76. The van der Waals surface area contributed by atoms with Crippen molar-refractivity contribution in [2.24, 2.45) is 29.0 Å². The number of para-hydroxylation sites is 1. The van der Waals surface area contributed by atoms with Crippen LogP contribution in [0.2, 0.25) is 0 Å². The Morgan fingerprint density at radius 3 is 1.28 bits per heavy atom. The summed E-state index contributed by atoms with van der Waals surface area (Å²) in [5, 5.41) is 58.1. The molecule has 0 aliphatic rings. The van der Waals surface area contributed by atoms with E-state index in [0.29, 0.717) is 22.0 Å². The van der Waals surface area contributed by atoms with Crippen LogP contribution in [0.25, 0.3) is 10.9 Å². The lowest BCUT2D eigenvalue weighted by atomic mass is 10.0. The number of aliphatic carboxylic acids is 3. The van der Waals surface area contributed by atoms with Gasteiger partial charge in [0.15, 0.2) is 0 Å². The number of carbonyl (C=O) groups is 17. The number of amides is 14. The molecule has 100 heavy (non-hydrogen) atoms. The lowest BCUT2D eigenvalue weighted by Crippen LogP contribution is -2.59. The molecule has 0 saturated heterocycles. The van der Waals surface area contributed by atoms with Crippen molar-refractivity contribution >= 4 is 112 Å². The molecule has 10 atom stereocenters. The van der Waals surface area contributed by atoms with Gasteiger partial charge in [-0.05, 0) is 81.4 Å². The number of aromatic amines is 1. The number of carboxylic acids is 3. The number of carbonyl (C=O) groups excluding carboxylic acids is 14. The van der Waals surface area contributed by atoms with Gasteiger partial charge in [0.25, 0.3) is 0 Å². The molecular weight excluding hydrogens is 1310 g/mol. The second-order valence-electron chi connectivity index (χ2n) is 24.5. The average molecular weight is 1410 g/mol. The minimum absolute atomic E-state index is 0.0325. The average Bonchev–Trinajstić information content (AvgIpc) is 1.67. The molecule has 0 unspecified atom stereocenters. The maximum absolute atomic E-state index is 14.2. The van der Waals surface area contributed by atoms with Crippen LogP contribution in [0.3, 0.4) is 0 Å². The van der Waals surface area contributed by atoms with Gasteiger partial charge in [-0.2, -0.15) is 0 Å². The largest absolute Gasteiger partial charge is 0.481 e. The van der Waals surface area contributed by atoms with E-state index in [2.05, 4.69) is 68.8 Å². The zero-order valence-electron chi connectivity index (χ0n) is 56.3. The van der Waals surface area contributed by atoms with Gasteiger partial charge in [0, 0.05) is 55.6 Å². The first-order chi connectivity index (χ1) is 47.1. The molecule has 1 aromatic heterocycles. The first kappa shape index (κ1) is 83.2. The molecule has 2 aromatic carbocycles. The highest BCUT2D eigenvalue weighted by Crippen LogP contribution is 2.20. The topological polar surface area (TPSA) is 589 Å². The summed E-state index contributed by atoms with van der Waals surface area (Å²) in [6.45, 7) is 7.11. The van der Waals surface area contributed by atoms with Gasteiger partial charge in [0.1, 0.15) is 60.4 Å². The predicted molar refractivity (Wildman–Crippen MR) is 355 cm³/mol. The molecule has 14 amide bonds. The van der Waals surface area contributed by atoms with Gasteiger partial charge in [-0.15, -0.1) is 0 Å². The third kappa shape index (κ3) is 30.6. The van der Waals surface area contributed by atoms with Gasteiger partial charge in [-0.3, -0.25) is 76.7 Å². The number of primary amides is 2. The van der Waals surface area contributed by atoms with Crippen molar-refractivity contribution in [3.05, 3.63) is 71.9 Å². The van der Waals surface area contributed by atoms with E-state index in [1.54, 1.807) is 88.5 Å². The lowest BCUT2D eigenvalue weighted by molar-refractivity contribution is -0.143. The Balaban J connectivity index is 1.76. The van der Waals surface area contributed by atoms with Gasteiger partial charge in [-0.1, -0.05) is 76.2 Å². The van der Waals surface area contributed by atoms with Crippen LogP contribution in [0.15, 0.2) is 60.8 Å². The monoisotopic (exact) mass is 1400 g/mol. The van der Waals surface area contributed by atoms with Crippen molar-refractivity contribution in [1.82, 2.24) is 68.8 Å². The molecule has 0 bridgehead atoms. The Morgan fingerprint density at radius 2 is 0.780 bits per heavy atom. The summed E-state index contributed by atoms with van der Waals surface area (Å²) >= 11 is 0. The number of hydrogen-bond acceptors (Lipinski definition) is 18. The molecule has 0 saturated carbocycles. The van der Waals surface area contributed by atoms with Crippen molar-refractivity contribution in [3.8, 4) is 0 Å². The summed E-state index contributed by atoms with van der Waals surface area (Å²) in [5.41, 5.74) is 17.7. The molecule has 36 heteroatoms. The van der Waals surface area contributed by atoms with Crippen LogP contribution >= 0.6 is 0 Å². The highest BCUT2D eigenvalue weighted by molar-refractivity contribution is 5.99. The van der Waals surface area contributed by atoms with Gasteiger partial charge in [0.05, 0.1) is 19.6 Å². The van der Waals surface area contributed by atoms with Crippen LogP contribution in [0.4, 0.5) is 0 Å². The Morgan fingerprint density at radius 1 is 0.400 bits per heavy atom. The van der Waals surface area contributed by atoms with Crippen LogP contribution < -0.4 is 81.0 Å². The Labute approximate surface area is 574 Å². The van der Waals surface area contributed by atoms with Crippen molar-refractivity contribution in [2.75, 3.05) is 19.6 Å². The van der Waals surface area contributed by atoms with E-state index in [1.165, 1.54) is 13.8 Å². The lowest BCUT2D eigenvalue weighted by Gasteiger charge is -2.26. The molecular formula is C64H92N16O20. The normalized spacial score (nSPS) is 14.0. The highest BCUT2D eigenvalue weighted by atomic mass is 16.4. The third-order valence-electron chi connectivity index (χ3n) is 15.1. The number of rotatable bonds is 45. The number of fused-ring (bicyclic) bond motifs is 1. The molecule has 0 aliphatic heterocycles. The maximum atomic E-state index is 14.2. The highest BCUT2D eigenvalue weighted by Gasteiger charge is 2.35. The number of nitrogens with two attached hydrogens (primary N) is 3. The molecule has 3 aromatic rings. The summed E-state index contributed by atoms with van der Waals surface area (Å²) in [5.74, 6) is -17.9. The maximum Gasteiger partial charge on any atom is 0.326 e. The van der Waals surface area contributed by atoms with E-state index in [0.717, 1.165) is 0 Å². The van der Waals surface area contributed by atoms with Gasteiger partial charge < -0.3 is 101 Å². The van der Waals surface area contributed by atoms with Crippen LogP contribution in [-0.2, 0) is 94.3 Å². The van der Waals surface area contributed by atoms with Gasteiger partial charge in [-0.25, -0.2) is 4.79 Å². The summed E-state index contributed by atoms with van der Waals surface area (Å²) < 4.78 is 0. The summed E-state index contributed by atoms with van der Waals surface area (Å²) in [4.78, 5) is 224. The van der Waals surface area contributed by atoms with Gasteiger partial charge >= 0.3 is 17.9 Å². The standard InChI is InChI=1S/C64H92N16O20/c1-32(2)24-44(77-55(90)34(5)71-51(84)30-69-57(92)40(16-20-48(66)81)76-59(94)41(18-22-53(86)87)73-50(83)28-65)62(97)72-35(6)56(91)75-43(17-21-49(67)82)61(96)78-45(26-36-12-8-7-9-13-36)58(93)70-31-52(85)74-42(19-23-54(88)89)60(95)79-46(63(98)80-47(64(99)100)25-33(3)4)27-37-29-68-39-15-11-10-14-38(37)39/h7-15,29,32-35,40-47,68H,16-28,30-31,65H2,1-6H3,(H2,66,81)(H2,67,82)(H,69,92)(H,70,93)(H,71,84)(H,72,97)(H,73,83)(H,74,85)(H,75,91)(H,76,94)(H,77,90)(H,78,96)(H,79,95)(H,80,98)(H,86,87)(H,88,89)(H,99,100)/t34-,35-,40-,41-,42-,43-,44-,45-,46-,47-/m0/s1. The molecule has 22 N–H and O–H groups in total. The molecule has 0 spiro atoms. The quantitative estimate of drug-likeness (QED) is 0.0253. The Hall–Kier alpha value is -11.1. The second kappa shape index (κ2) is 41.9. The van der Waals surface area contributed by atoms with E-state index >= 15 is 0 Å². The molecule has 0 radical (unpaired) electrons. The molecule has 3 rings (SSSR count). The summed E-state index contributed by atoms with van der Waals surface area (Å²) in [7, 11) is 0. The predicted octanol–water partition coefficient (Wildman–Crippen LogP) is -4.53. The van der Waals surface area contributed by atoms with E-state index in [4.69, 9.17) is 22.3 Å². The number of aromatic nitrogens is 1. The number of H-pyrrole nitrogens is 1. The zero-order valence-corrected chi connectivity index (χ0v) is 56.3. The van der Waals surface area contributed by atoms with Crippen LogP contribution in [-0.4, -0.2) is 201 Å². The first-order valence-corrected chi connectivity index (χ1v) is 32.2. The van der Waals surface area contributed by atoms with E-state index in [9.17, 15) is 91.7 Å². The van der Waals surface area contributed by atoms with E-state index in [-0.39, 0.29) is 37.5 Å². The minimum atomic E-state index is -1.65. The van der Waals surface area contributed by atoms with Crippen molar-refractivity contribution in [2.45, 2.75) is 179 Å². The Kier molecular flexibility index (Phi) is 34.8. The molecule has 36 nitrogen and oxygen atoms in total. The zero-order chi connectivity index (χ0) is 74.9. The van der Waals surface area contributed by atoms with Crippen molar-refractivity contribution in [1.29, 1.82) is 0 Å². The fourth-order valence-corrected chi connectivity index (χ4v) is 9.87. The Bertz CT molecular complexity index is 3420. The minimum Gasteiger partial charge on any atom is -0.481 e. The number of benzene rings is 2. The smallest absolute Gasteiger partial charge is 0.326 e. The van der Waals surface area contributed by atoms with Crippen molar-refractivity contribution in [3.63, 3.8) is 0 Å². The van der Waals surface area contributed by atoms with E-state index in [1.807, 2.05) is 0 Å². The summed E-state index contributed by atoms with van der Waals surface area (Å²) in [6, 6.07) is 0.276. The SMILES string of the molecule is CC(C)C[C@H](NC(=O)[C@H](Cc1c[nH]c2ccccc12)NC(=O)[C@H](CCC(=O)O)NC(=O)CNC(=O)[C@H](Cc1ccccc1)NC(=O)[C@H](CCC(N)=O)NC(=O)[C@H](C)NC(=O)[C@H](CC(C)C)NC(=O)[C@H](C)NC(=O)CNC(=O)[C@H](CCC(N)=O)NC(=O)[C@H](CCC(=O)O)NC(=O)CN)C(=O)O. The fourth-order valence-electron chi connectivity index (χ4n) is 9.87. The molecule has 0 aliphatic carbocycles. The fraction of sp³-hybridized carbons (Fsp3) is 0.516. The van der Waals surface area contributed by atoms with Crippen molar-refractivity contribution < 1.29 is 96.8 Å². The number of hydrogen-bond donors (Lipinski definition) is 19. The van der Waals surface area contributed by atoms with Gasteiger partial charge in [0.2, 0.25) is 82.7 Å². The molecule has 548 valence electrons.